The Labute approximate surface area is 236 Å². The molecule has 2 aliphatic rings. The van der Waals surface area contributed by atoms with Gasteiger partial charge in [-0.1, -0.05) is 97.9 Å². The van der Waals surface area contributed by atoms with Crippen molar-refractivity contribution in [2.75, 3.05) is 19.6 Å². The molecule has 0 unspecified atom stereocenters. The standard InChI is InChI=1S/C32H37N5O3/c1-3-19-35(32(40)33-21-26-15-9-5-10-16-26)36-23-30(38)37-28(20-25-13-7-4-8-14-25)31(39)34(22-29(36)37)24(2)27-17-11-6-12-18-27/h4-18,24,28-29H,3,19-23H2,1-2H3,(H,33,40)/t24-,28-,29+/m0/s1. The number of hydrogen-bond donors (Lipinski definition) is 1. The molecule has 8 heteroatoms. The number of carbonyl (C=O) groups is 3. The average Bonchev–Trinajstić information content (AvgIpc) is 3.32. The lowest BCUT2D eigenvalue weighted by Crippen LogP contribution is -2.66. The number of hydrogen-bond acceptors (Lipinski definition) is 4. The van der Waals surface area contributed by atoms with Crippen LogP contribution < -0.4 is 5.32 Å². The van der Waals surface area contributed by atoms with E-state index in [9.17, 15) is 14.4 Å². The molecule has 0 radical (unpaired) electrons. The van der Waals surface area contributed by atoms with Crippen molar-refractivity contribution in [2.45, 2.75) is 51.5 Å². The molecule has 2 heterocycles. The molecule has 40 heavy (non-hydrogen) atoms. The first-order valence-electron chi connectivity index (χ1n) is 14.0. The third-order valence-electron chi connectivity index (χ3n) is 7.80. The zero-order valence-electron chi connectivity index (χ0n) is 23.1. The predicted molar refractivity (Wildman–Crippen MR) is 154 cm³/mol. The van der Waals surface area contributed by atoms with E-state index in [4.69, 9.17) is 0 Å². The number of piperazine rings is 1. The largest absolute Gasteiger partial charge is 0.333 e. The smallest absolute Gasteiger partial charge is 0.332 e. The molecule has 0 bridgehead atoms. The van der Waals surface area contributed by atoms with Crippen molar-refractivity contribution >= 4 is 17.8 Å². The lowest BCUT2D eigenvalue weighted by atomic mass is 9.98. The van der Waals surface area contributed by atoms with Gasteiger partial charge in [0, 0.05) is 19.5 Å². The summed E-state index contributed by atoms with van der Waals surface area (Å²) in [5.74, 6) is -0.203. The molecule has 4 amide bonds. The zero-order chi connectivity index (χ0) is 28.1. The molecule has 5 rings (SSSR count). The molecule has 0 spiro atoms. The lowest BCUT2D eigenvalue weighted by Gasteiger charge is -2.48. The van der Waals surface area contributed by atoms with Crippen LogP contribution in [0.5, 0.6) is 0 Å². The molecule has 208 valence electrons. The summed E-state index contributed by atoms with van der Waals surface area (Å²) in [4.78, 5) is 44.7. The van der Waals surface area contributed by atoms with Gasteiger partial charge in [-0.15, -0.1) is 0 Å². The number of hydrazine groups is 1. The molecule has 3 aromatic rings. The minimum Gasteiger partial charge on any atom is -0.333 e. The number of rotatable bonds is 9. The van der Waals surface area contributed by atoms with Crippen LogP contribution in [-0.4, -0.2) is 69.5 Å². The number of nitrogens with one attached hydrogen (secondary N) is 1. The Bertz CT molecular complexity index is 1300. The van der Waals surface area contributed by atoms with Crippen molar-refractivity contribution < 1.29 is 14.4 Å². The molecule has 2 fully saturated rings. The predicted octanol–water partition coefficient (Wildman–Crippen LogP) is 4.21. The first kappa shape index (κ1) is 27.4. The van der Waals surface area contributed by atoms with E-state index in [-0.39, 0.29) is 30.4 Å². The fraction of sp³-hybridized carbons (Fsp3) is 0.344. The quantitative estimate of drug-likeness (QED) is 0.442. The number of nitrogens with zero attached hydrogens (tertiary/aromatic N) is 4. The van der Waals surface area contributed by atoms with E-state index in [2.05, 4.69) is 5.32 Å². The van der Waals surface area contributed by atoms with Crippen molar-refractivity contribution in [1.82, 2.24) is 25.1 Å². The van der Waals surface area contributed by atoms with Crippen LogP contribution in [0.3, 0.4) is 0 Å². The van der Waals surface area contributed by atoms with Crippen molar-refractivity contribution in [1.29, 1.82) is 0 Å². The number of fused-ring (bicyclic) bond motifs is 1. The van der Waals surface area contributed by atoms with Gasteiger partial charge in [-0.3, -0.25) is 14.6 Å². The second kappa shape index (κ2) is 12.3. The highest BCUT2D eigenvalue weighted by molar-refractivity contribution is 5.92. The van der Waals surface area contributed by atoms with E-state index in [1.165, 1.54) is 0 Å². The van der Waals surface area contributed by atoms with Gasteiger partial charge in [0.2, 0.25) is 11.8 Å². The van der Waals surface area contributed by atoms with Crippen molar-refractivity contribution in [2.24, 2.45) is 0 Å². The second-order valence-corrected chi connectivity index (χ2v) is 10.4. The number of carbonyl (C=O) groups excluding carboxylic acids is 3. The first-order valence-corrected chi connectivity index (χ1v) is 14.0. The normalized spacial score (nSPS) is 19.9. The third kappa shape index (κ3) is 5.72. The fourth-order valence-corrected chi connectivity index (χ4v) is 5.73. The number of amides is 4. The SMILES string of the molecule is CCCN(C(=O)NCc1ccccc1)N1CC(=O)N2[C@@H](Cc3ccccc3)C(=O)N([C@@H](C)c3ccccc3)C[C@@H]21. The molecule has 1 N–H and O–H groups in total. The van der Waals surface area contributed by atoms with Crippen molar-refractivity contribution in [3.05, 3.63) is 108 Å². The van der Waals surface area contributed by atoms with Crippen LogP contribution in [0.2, 0.25) is 0 Å². The molecule has 3 atom stereocenters. The molecular formula is C32H37N5O3. The van der Waals surface area contributed by atoms with Gasteiger partial charge in [0.05, 0.1) is 19.1 Å². The van der Waals surface area contributed by atoms with Crippen molar-refractivity contribution in [3.63, 3.8) is 0 Å². The minimum absolute atomic E-state index is 0.0511. The summed E-state index contributed by atoms with van der Waals surface area (Å²) in [7, 11) is 0. The molecule has 8 nitrogen and oxygen atoms in total. The summed E-state index contributed by atoms with van der Waals surface area (Å²) in [6, 6.07) is 28.4. The minimum atomic E-state index is -0.652. The topological polar surface area (TPSA) is 76.2 Å². The van der Waals surface area contributed by atoms with Gasteiger partial charge < -0.3 is 15.1 Å². The van der Waals surface area contributed by atoms with Crippen LogP contribution in [0.15, 0.2) is 91.0 Å². The monoisotopic (exact) mass is 539 g/mol. The highest BCUT2D eigenvalue weighted by Crippen LogP contribution is 2.33. The first-order chi connectivity index (χ1) is 19.5. The van der Waals surface area contributed by atoms with Crippen LogP contribution in [0.25, 0.3) is 0 Å². The maximum absolute atomic E-state index is 14.0. The summed E-state index contributed by atoms with van der Waals surface area (Å²) in [5, 5.41) is 6.55. The Morgan fingerprint density at radius 3 is 2.15 bits per heavy atom. The van der Waals surface area contributed by atoms with Gasteiger partial charge in [0.15, 0.2) is 0 Å². The third-order valence-corrected chi connectivity index (χ3v) is 7.80. The summed E-state index contributed by atoms with van der Waals surface area (Å²) >= 11 is 0. The van der Waals surface area contributed by atoms with Gasteiger partial charge in [-0.25, -0.2) is 4.79 Å². The average molecular weight is 540 g/mol. The van der Waals surface area contributed by atoms with Gasteiger partial charge >= 0.3 is 6.03 Å². The summed E-state index contributed by atoms with van der Waals surface area (Å²) < 4.78 is 0. The fourth-order valence-electron chi connectivity index (χ4n) is 5.73. The van der Waals surface area contributed by atoms with Gasteiger partial charge in [0.25, 0.3) is 0 Å². The van der Waals surface area contributed by atoms with Crippen LogP contribution in [0.4, 0.5) is 4.79 Å². The molecule has 0 aromatic heterocycles. The summed E-state index contributed by atoms with van der Waals surface area (Å²) in [6.07, 6.45) is 0.702. The van der Waals surface area contributed by atoms with E-state index in [0.29, 0.717) is 26.1 Å². The van der Waals surface area contributed by atoms with E-state index in [1.807, 2.05) is 115 Å². The number of benzene rings is 3. The Hall–Kier alpha value is -4.17. The highest BCUT2D eigenvalue weighted by atomic mass is 16.2. The Morgan fingerprint density at radius 2 is 1.52 bits per heavy atom. The number of urea groups is 1. The zero-order valence-corrected chi connectivity index (χ0v) is 23.1. The van der Waals surface area contributed by atoms with E-state index in [1.54, 1.807) is 9.91 Å². The second-order valence-electron chi connectivity index (χ2n) is 10.4. The van der Waals surface area contributed by atoms with Crippen LogP contribution in [0.1, 0.15) is 43.0 Å². The Balaban J connectivity index is 1.45. The van der Waals surface area contributed by atoms with E-state index in [0.717, 1.165) is 23.1 Å². The van der Waals surface area contributed by atoms with Gasteiger partial charge in [-0.2, -0.15) is 5.01 Å². The summed E-state index contributed by atoms with van der Waals surface area (Å²) in [6.45, 7) is 5.26. The molecule has 0 saturated carbocycles. The molecule has 2 saturated heterocycles. The van der Waals surface area contributed by atoms with Crippen molar-refractivity contribution in [3.8, 4) is 0 Å². The van der Waals surface area contributed by atoms with E-state index < -0.39 is 12.2 Å². The van der Waals surface area contributed by atoms with Crippen LogP contribution in [0, 0.1) is 0 Å². The van der Waals surface area contributed by atoms with Crippen LogP contribution >= 0.6 is 0 Å². The maximum Gasteiger partial charge on any atom is 0.332 e. The van der Waals surface area contributed by atoms with Gasteiger partial charge in [-0.05, 0) is 30.0 Å². The lowest BCUT2D eigenvalue weighted by molar-refractivity contribution is -0.159. The molecule has 0 aliphatic carbocycles. The summed E-state index contributed by atoms with van der Waals surface area (Å²) in [5.41, 5.74) is 3.02. The van der Waals surface area contributed by atoms with Gasteiger partial charge in [0.1, 0.15) is 12.2 Å². The van der Waals surface area contributed by atoms with E-state index >= 15 is 0 Å². The highest BCUT2D eigenvalue weighted by Gasteiger charge is 2.52. The van der Waals surface area contributed by atoms with Crippen LogP contribution in [-0.2, 0) is 22.6 Å². The molecule has 3 aromatic carbocycles. The molecule has 2 aliphatic heterocycles. The maximum atomic E-state index is 14.0. The Morgan fingerprint density at radius 1 is 0.925 bits per heavy atom. The Kier molecular flexibility index (Phi) is 8.45. The molecular weight excluding hydrogens is 502 g/mol.